The van der Waals surface area contributed by atoms with Crippen molar-refractivity contribution in [3.63, 3.8) is 0 Å². The fraction of sp³-hybridized carbons (Fsp3) is 0. The number of fused-ring (bicyclic) bond motifs is 9. The number of benzene rings is 12. The van der Waals surface area contributed by atoms with E-state index < -0.39 is 0 Å². The first-order valence-corrected chi connectivity index (χ1v) is 23.7. The second-order valence-electron chi connectivity index (χ2n) is 18.0. The molecule has 14 rings (SSSR count). The lowest BCUT2D eigenvalue weighted by Crippen LogP contribution is -2.10. The molecule has 0 bridgehead atoms. The van der Waals surface area contributed by atoms with Crippen molar-refractivity contribution in [3.05, 3.63) is 255 Å². The van der Waals surface area contributed by atoms with Gasteiger partial charge in [0.15, 0.2) is 0 Å². The molecule has 3 heteroatoms. The van der Waals surface area contributed by atoms with Gasteiger partial charge in [0, 0.05) is 49.3 Å². The van der Waals surface area contributed by atoms with Gasteiger partial charge in [-0.3, -0.25) is 0 Å². The van der Waals surface area contributed by atoms with Crippen molar-refractivity contribution in [1.29, 1.82) is 0 Å². The smallest absolute Gasteiger partial charge is 0.143 e. The highest BCUT2D eigenvalue weighted by atomic mass is 16.3. The molecule has 0 aliphatic rings. The average Bonchev–Trinajstić information content (AvgIpc) is 3.97. The number of nitrogens with zero attached hydrogens (tertiary/aromatic N) is 2. The van der Waals surface area contributed by atoms with E-state index in [1.165, 1.54) is 59.8 Å². The Balaban J connectivity index is 0.995. The van der Waals surface area contributed by atoms with Gasteiger partial charge in [0.2, 0.25) is 0 Å². The van der Waals surface area contributed by atoms with Gasteiger partial charge in [-0.1, -0.05) is 176 Å². The maximum Gasteiger partial charge on any atom is 0.143 e. The van der Waals surface area contributed by atoms with Crippen molar-refractivity contribution in [2.75, 3.05) is 4.90 Å². The van der Waals surface area contributed by atoms with Crippen LogP contribution in [0.4, 0.5) is 17.1 Å². The lowest BCUT2D eigenvalue weighted by atomic mass is 9.90. The van der Waals surface area contributed by atoms with Gasteiger partial charge in [0.05, 0.1) is 22.4 Å². The minimum atomic E-state index is 0.889. The fourth-order valence-corrected chi connectivity index (χ4v) is 10.9. The van der Waals surface area contributed by atoms with E-state index in [0.29, 0.717) is 0 Å². The Hall–Kier alpha value is -9.18. The molecule has 0 unspecified atom stereocenters. The van der Waals surface area contributed by atoms with Crippen molar-refractivity contribution in [2.24, 2.45) is 0 Å². The van der Waals surface area contributed by atoms with E-state index in [9.17, 15) is 0 Å². The number of para-hydroxylation sites is 4. The van der Waals surface area contributed by atoms with Gasteiger partial charge in [-0.2, -0.15) is 0 Å². The minimum Gasteiger partial charge on any atom is -0.455 e. The van der Waals surface area contributed by atoms with E-state index in [2.05, 4.69) is 258 Å². The minimum absolute atomic E-state index is 0.889. The highest BCUT2D eigenvalue weighted by Crippen LogP contribution is 2.46. The predicted octanol–water partition coefficient (Wildman–Crippen LogP) is 18.6. The predicted molar refractivity (Wildman–Crippen MR) is 292 cm³/mol. The summed E-state index contributed by atoms with van der Waals surface area (Å²) >= 11 is 0. The Morgan fingerprint density at radius 2 is 0.942 bits per heavy atom. The van der Waals surface area contributed by atoms with Crippen LogP contribution >= 0.6 is 0 Å². The summed E-state index contributed by atoms with van der Waals surface area (Å²) in [5.41, 5.74) is 15.4. The van der Waals surface area contributed by atoms with Crippen LogP contribution in [0.3, 0.4) is 0 Å². The summed E-state index contributed by atoms with van der Waals surface area (Å²) in [6.07, 6.45) is 0. The van der Waals surface area contributed by atoms with Crippen LogP contribution in [0, 0.1) is 0 Å². The molecule has 3 nitrogen and oxygen atoms in total. The molecule has 0 aliphatic carbocycles. The number of hydrogen-bond donors (Lipinski definition) is 0. The molecule has 0 spiro atoms. The normalized spacial score (nSPS) is 11.8. The third-order valence-electron chi connectivity index (χ3n) is 14.1. The molecule has 0 atom stereocenters. The van der Waals surface area contributed by atoms with E-state index >= 15 is 0 Å². The number of anilines is 3. The van der Waals surface area contributed by atoms with Crippen molar-refractivity contribution in [3.8, 4) is 39.1 Å². The van der Waals surface area contributed by atoms with Crippen LogP contribution in [-0.2, 0) is 0 Å². The topological polar surface area (TPSA) is 21.3 Å². The van der Waals surface area contributed by atoms with Crippen LogP contribution in [0.1, 0.15) is 0 Å². The van der Waals surface area contributed by atoms with Gasteiger partial charge in [0.25, 0.3) is 0 Å². The maximum atomic E-state index is 6.73. The zero-order chi connectivity index (χ0) is 45.4. The van der Waals surface area contributed by atoms with E-state index in [4.69, 9.17) is 4.42 Å². The van der Waals surface area contributed by atoms with E-state index in [1.54, 1.807) is 0 Å². The largest absolute Gasteiger partial charge is 0.455 e. The summed E-state index contributed by atoms with van der Waals surface area (Å²) in [4.78, 5) is 2.40. The zero-order valence-corrected chi connectivity index (χ0v) is 37.6. The Labute approximate surface area is 399 Å². The van der Waals surface area contributed by atoms with Crippen molar-refractivity contribution in [2.45, 2.75) is 0 Å². The molecular formula is C66H42N2O. The van der Waals surface area contributed by atoms with Gasteiger partial charge >= 0.3 is 0 Å². The molecule has 69 heavy (non-hydrogen) atoms. The summed E-state index contributed by atoms with van der Waals surface area (Å²) in [5, 5.41) is 11.9. The third-order valence-corrected chi connectivity index (χ3v) is 14.1. The number of furan rings is 1. The van der Waals surface area contributed by atoms with E-state index in [-0.39, 0.29) is 0 Å². The maximum absolute atomic E-state index is 6.73. The molecule has 12 aromatic carbocycles. The summed E-state index contributed by atoms with van der Waals surface area (Å²) in [5.74, 6) is 0. The summed E-state index contributed by atoms with van der Waals surface area (Å²) in [6.45, 7) is 0. The summed E-state index contributed by atoms with van der Waals surface area (Å²) in [7, 11) is 0. The first kappa shape index (κ1) is 39.0. The highest BCUT2D eigenvalue weighted by molar-refractivity contribution is 6.14. The van der Waals surface area contributed by atoms with Gasteiger partial charge < -0.3 is 13.9 Å². The lowest BCUT2D eigenvalue weighted by molar-refractivity contribution is 0.670. The average molecular weight is 879 g/mol. The van der Waals surface area contributed by atoms with Crippen LogP contribution < -0.4 is 4.90 Å². The van der Waals surface area contributed by atoms with Crippen LogP contribution in [0.25, 0.3) is 115 Å². The van der Waals surface area contributed by atoms with Crippen LogP contribution in [-0.4, -0.2) is 4.57 Å². The molecule has 2 aromatic heterocycles. The second kappa shape index (κ2) is 15.7. The van der Waals surface area contributed by atoms with Crippen molar-refractivity contribution in [1.82, 2.24) is 4.57 Å². The van der Waals surface area contributed by atoms with Crippen LogP contribution in [0.5, 0.6) is 0 Å². The van der Waals surface area contributed by atoms with Crippen molar-refractivity contribution >= 4 is 93.1 Å². The van der Waals surface area contributed by atoms with Gasteiger partial charge in [-0.05, 0) is 128 Å². The number of rotatable bonds is 7. The van der Waals surface area contributed by atoms with Crippen LogP contribution in [0.2, 0.25) is 0 Å². The lowest BCUT2D eigenvalue weighted by Gasteiger charge is -2.28. The zero-order valence-electron chi connectivity index (χ0n) is 37.6. The van der Waals surface area contributed by atoms with Gasteiger partial charge in [-0.25, -0.2) is 0 Å². The number of aromatic nitrogens is 1. The molecule has 0 saturated heterocycles. The highest BCUT2D eigenvalue weighted by Gasteiger charge is 2.21. The molecule has 0 radical (unpaired) electrons. The van der Waals surface area contributed by atoms with E-state index in [0.717, 1.165) is 72.4 Å². The van der Waals surface area contributed by atoms with Gasteiger partial charge in [-0.15, -0.1) is 0 Å². The molecule has 2 heterocycles. The molecular weight excluding hydrogens is 837 g/mol. The third kappa shape index (κ3) is 6.36. The van der Waals surface area contributed by atoms with Crippen LogP contribution in [0.15, 0.2) is 259 Å². The summed E-state index contributed by atoms with van der Waals surface area (Å²) in [6, 6.07) is 92.7. The SMILES string of the molecule is c1ccc(N(c2ccc3ccccc3c2)c2ccc(-c3cc(-c4ccc5c(c4)c4ccccc4n5-c4cccc5ccccc45)cc(-c4cccc5c4oc4ccccc45)c3)c3ccccc23)cc1. The molecule has 0 saturated carbocycles. The molecule has 0 N–H and O–H groups in total. The Morgan fingerprint density at radius 1 is 0.304 bits per heavy atom. The molecule has 322 valence electrons. The Morgan fingerprint density at radius 3 is 1.81 bits per heavy atom. The van der Waals surface area contributed by atoms with Crippen molar-refractivity contribution < 1.29 is 4.42 Å². The molecule has 14 aromatic rings. The first-order chi connectivity index (χ1) is 34.2. The van der Waals surface area contributed by atoms with E-state index in [1.807, 2.05) is 6.07 Å². The molecule has 0 aliphatic heterocycles. The Kier molecular flexibility index (Phi) is 8.90. The fourth-order valence-electron chi connectivity index (χ4n) is 10.9. The second-order valence-corrected chi connectivity index (χ2v) is 18.0. The van der Waals surface area contributed by atoms with Gasteiger partial charge in [0.1, 0.15) is 11.2 Å². The molecule has 0 amide bonds. The molecule has 0 fully saturated rings. The monoisotopic (exact) mass is 878 g/mol. The quantitative estimate of drug-likeness (QED) is 0.159. The standard InChI is InChI=1S/C66H42N2O/c1-2-20-50(21-3-1)67(51-34-32-43-16-4-5-18-45(43)41-51)63-37-35-52(55-23-8-9-24-56(55)63)48-38-47(39-49(40-48)54-27-15-28-59-58-26-11-13-31-65(58)69-66(54)59)46-33-36-64-60(42-46)57-25-10-12-29-62(57)68(64)61-30-14-19-44-17-6-7-22-53(44)61/h1-42H. The number of hydrogen-bond acceptors (Lipinski definition) is 2. The Bertz CT molecular complexity index is 4320. The first-order valence-electron chi connectivity index (χ1n) is 23.7. The summed E-state index contributed by atoms with van der Waals surface area (Å²) < 4.78 is 9.16.